The molecule has 0 saturated heterocycles. The average molecular weight is 271 g/mol. The van der Waals surface area contributed by atoms with Crippen molar-refractivity contribution in [2.45, 2.75) is 12.8 Å². The molecule has 2 N–H and O–H groups in total. The summed E-state index contributed by atoms with van der Waals surface area (Å²) < 4.78 is 0. The molecular weight excluding hydrogens is 258 g/mol. The molecule has 0 aliphatic rings. The van der Waals surface area contributed by atoms with Crippen molar-refractivity contribution in [1.29, 1.82) is 0 Å². The molecule has 0 atom stereocenters. The van der Waals surface area contributed by atoms with E-state index in [1.165, 1.54) is 18.5 Å². The number of carboxylic acids is 1. The molecule has 0 saturated carbocycles. The van der Waals surface area contributed by atoms with Gasteiger partial charge in [0.2, 0.25) is 5.91 Å². The Labute approximate surface area is 115 Å². The van der Waals surface area contributed by atoms with Crippen LogP contribution in [0.2, 0.25) is 0 Å². The van der Waals surface area contributed by atoms with Gasteiger partial charge in [0.25, 0.3) is 0 Å². The van der Waals surface area contributed by atoms with Crippen molar-refractivity contribution in [3.05, 3.63) is 54.1 Å². The van der Waals surface area contributed by atoms with E-state index in [-0.39, 0.29) is 23.6 Å². The van der Waals surface area contributed by atoms with E-state index in [2.05, 4.69) is 15.3 Å². The smallest absolute Gasteiger partial charge is 0.337 e. The quantitative estimate of drug-likeness (QED) is 0.864. The number of aromatic nitrogens is 2. The number of hydrogen-bond acceptors (Lipinski definition) is 4. The first-order valence-electron chi connectivity index (χ1n) is 6.03. The van der Waals surface area contributed by atoms with Crippen LogP contribution in [0.1, 0.15) is 22.3 Å². The van der Waals surface area contributed by atoms with Crippen molar-refractivity contribution < 1.29 is 14.7 Å². The van der Waals surface area contributed by atoms with Crippen LogP contribution in [0.25, 0.3) is 0 Å². The molecule has 2 heterocycles. The minimum atomic E-state index is -1.10. The lowest BCUT2D eigenvalue weighted by Gasteiger charge is -2.07. The summed E-state index contributed by atoms with van der Waals surface area (Å²) in [7, 11) is 0. The number of aryl methyl sites for hydroxylation is 1. The minimum Gasteiger partial charge on any atom is -0.478 e. The van der Waals surface area contributed by atoms with Gasteiger partial charge < -0.3 is 10.4 Å². The fourth-order valence-corrected chi connectivity index (χ4v) is 1.70. The predicted octanol–water partition coefficient (Wildman–Crippen LogP) is 1.75. The van der Waals surface area contributed by atoms with Gasteiger partial charge in [0, 0.05) is 25.0 Å². The summed E-state index contributed by atoms with van der Waals surface area (Å²) in [5.74, 6) is -1.35. The summed E-state index contributed by atoms with van der Waals surface area (Å²) in [5, 5.41) is 11.6. The van der Waals surface area contributed by atoms with Gasteiger partial charge in [-0.25, -0.2) is 4.79 Å². The van der Waals surface area contributed by atoms with Gasteiger partial charge in [-0.15, -0.1) is 0 Å². The van der Waals surface area contributed by atoms with Crippen LogP contribution in [0.4, 0.5) is 5.69 Å². The maximum atomic E-state index is 11.8. The zero-order chi connectivity index (χ0) is 14.4. The van der Waals surface area contributed by atoms with Crippen molar-refractivity contribution in [1.82, 2.24) is 9.97 Å². The molecule has 1 amide bonds. The van der Waals surface area contributed by atoms with Crippen LogP contribution in [0.15, 0.2) is 43.0 Å². The normalized spacial score (nSPS) is 10.0. The van der Waals surface area contributed by atoms with Gasteiger partial charge >= 0.3 is 5.97 Å². The number of nitrogens with one attached hydrogen (secondary N) is 1. The van der Waals surface area contributed by atoms with Crippen LogP contribution < -0.4 is 5.32 Å². The average Bonchev–Trinajstić information content (AvgIpc) is 2.46. The van der Waals surface area contributed by atoms with Gasteiger partial charge in [-0.1, -0.05) is 0 Å². The number of aromatic carboxylic acids is 1. The Morgan fingerprint density at radius 3 is 2.50 bits per heavy atom. The molecule has 20 heavy (non-hydrogen) atoms. The number of anilines is 1. The van der Waals surface area contributed by atoms with Crippen LogP contribution in [0, 0.1) is 0 Å². The Morgan fingerprint density at radius 2 is 1.80 bits per heavy atom. The molecule has 0 aliphatic carbocycles. The highest BCUT2D eigenvalue weighted by atomic mass is 16.4. The summed E-state index contributed by atoms with van der Waals surface area (Å²) in [6, 6.07) is 5.01. The predicted molar refractivity (Wildman–Crippen MR) is 72.4 cm³/mol. The molecular formula is C14H13N3O3. The third kappa shape index (κ3) is 3.61. The van der Waals surface area contributed by atoms with Crippen molar-refractivity contribution in [2.75, 3.05) is 5.32 Å². The van der Waals surface area contributed by atoms with E-state index in [1.807, 2.05) is 12.1 Å². The van der Waals surface area contributed by atoms with Crippen LogP contribution in [0.3, 0.4) is 0 Å². The lowest BCUT2D eigenvalue weighted by Crippen LogP contribution is -2.15. The summed E-state index contributed by atoms with van der Waals surface area (Å²) in [6.07, 6.45) is 6.85. The van der Waals surface area contributed by atoms with Crippen molar-refractivity contribution in [3.8, 4) is 0 Å². The molecule has 6 heteroatoms. The summed E-state index contributed by atoms with van der Waals surface area (Å²) in [6.45, 7) is 0. The summed E-state index contributed by atoms with van der Waals surface area (Å²) >= 11 is 0. The topological polar surface area (TPSA) is 92.2 Å². The Balaban J connectivity index is 1.97. The number of carbonyl (C=O) groups is 2. The minimum absolute atomic E-state index is 0.0252. The Morgan fingerprint density at radius 1 is 1.10 bits per heavy atom. The van der Waals surface area contributed by atoms with Gasteiger partial charge in [-0.3, -0.25) is 14.8 Å². The standard InChI is InChI=1S/C14H13N3O3/c18-13(2-1-10-3-6-15-7-4-10)17-12-9-16-8-5-11(12)14(19)20/h3-9H,1-2H2,(H,17,18)(H,19,20). The van der Waals surface area contributed by atoms with E-state index < -0.39 is 5.97 Å². The van der Waals surface area contributed by atoms with E-state index >= 15 is 0 Å². The summed E-state index contributed by atoms with van der Waals surface area (Å²) in [5.41, 5.74) is 1.23. The molecule has 2 rings (SSSR count). The highest BCUT2D eigenvalue weighted by molar-refractivity contribution is 6.00. The number of nitrogens with zero attached hydrogens (tertiary/aromatic N) is 2. The molecule has 0 spiro atoms. The Kier molecular flexibility index (Phi) is 4.39. The van der Waals surface area contributed by atoms with Crippen LogP contribution in [-0.4, -0.2) is 27.0 Å². The number of amides is 1. The van der Waals surface area contributed by atoms with Crippen LogP contribution in [-0.2, 0) is 11.2 Å². The van der Waals surface area contributed by atoms with Gasteiger partial charge in [0.15, 0.2) is 0 Å². The second-order valence-electron chi connectivity index (χ2n) is 4.13. The number of hydrogen-bond donors (Lipinski definition) is 2. The van der Waals surface area contributed by atoms with Gasteiger partial charge in [-0.2, -0.15) is 0 Å². The first kappa shape index (κ1) is 13.7. The zero-order valence-electron chi connectivity index (χ0n) is 10.6. The second-order valence-corrected chi connectivity index (χ2v) is 4.13. The molecule has 2 aromatic rings. The highest BCUT2D eigenvalue weighted by Gasteiger charge is 2.12. The molecule has 0 aromatic carbocycles. The lowest BCUT2D eigenvalue weighted by atomic mass is 10.1. The maximum Gasteiger partial charge on any atom is 0.337 e. The molecule has 6 nitrogen and oxygen atoms in total. The van der Waals surface area contributed by atoms with Crippen molar-refractivity contribution in [3.63, 3.8) is 0 Å². The van der Waals surface area contributed by atoms with Gasteiger partial charge in [0.1, 0.15) is 0 Å². The number of rotatable bonds is 5. The second kappa shape index (κ2) is 6.42. The third-order valence-electron chi connectivity index (χ3n) is 2.72. The maximum absolute atomic E-state index is 11.8. The Hall–Kier alpha value is -2.76. The molecule has 0 radical (unpaired) electrons. The lowest BCUT2D eigenvalue weighted by molar-refractivity contribution is -0.116. The first-order valence-corrected chi connectivity index (χ1v) is 6.03. The SMILES string of the molecule is O=C(CCc1ccncc1)Nc1cnccc1C(=O)O. The molecule has 0 bridgehead atoms. The van der Waals surface area contributed by atoms with Crippen LogP contribution in [0.5, 0.6) is 0 Å². The summed E-state index contributed by atoms with van der Waals surface area (Å²) in [4.78, 5) is 30.5. The number of pyridine rings is 2. The van der Waals surface area contributed by atoms with Crippen molar-refractivity contribution in [2.24, 2.45) is 0 Å². The van der Waals surface area contributed by atoms with E-state index in [0.29, 0.717) is 6.42 Å². The van der Waals surface area contributed by atoms with E-state index in [1.54, 1.807) is 12.4 Å². The van der Waals surface area contributed by atoms with Crippen LogP contribution >= 0.6 is 0 Å². The highest BCUT2D eigenvalue weighted by Crippen LogP contribution is 2.14. The molecule has 0 aliphatic heterocycles. The number of carboxylic acid groups (broad SMARTS) is 1. The van der Waals surface area contributed by atoms with E-state index in [4.69, 9.17) is 5.11 Å². The fraction of sp³-hybridized carbons (Fsp3) is 0.143. The zero-order valence-corrected chi connectivity index (χ0v) is 10.6. The first-order chi connectivity index (χ1) is 9.66. The largest absolute Gasteiger partial charge is 0.478 e. The van der Waals surface area contributed by atoms with E-state index in [9.17, 15) is 9.59 Å². The number of carbonyl (C=O) groups excluding carboxylic acids is 1. The van der Waals surface area contributed by atoms with Crippen molar-refractivity contribution >= 4 is 17.6 Å². The third-order valence-corrected chi connectivity index (χ3v) is 2.72. The Bertz CT molecular complexity index is 614. The fourth-order valence-electron chi connectivity index (χ4n) is 1.70. The molecule has 0 fully saturated rings. The molecule has 2 aromatic heterocycles. The van der Waals surface area contributed by atoms with Gasteiger partial charge in [0.05, 0.1) is 17.4 Å². The molecule has 102 valence electrons. The van der Waals surface area contributed by atoms with E-state index in [0.717, 1.165) is 5.56 Å². The van der Waals surface area contributed by atoms with Gasteiger partial charge in [-0.05, 0) is 30.2 Å². The monoisotopic (exact) mass is 271 g/mol. The molecule has 0 unspecified atom stereocenters.